The second-order valence-electron chi connectivity index (χ2n) is 2.07. The van der Waals surface area contributed by atoms with E-state index < -0.39 is 0 Å². The minimum Gasteiger partial charge on any atom is -0.379 e. The minimum absolute atomic E-state index is 0.0371. The minimum atomic E-state index is -0.0371. The van der Waals surface area contributed by atoms with Crippen LogP contribution in [0.3, 0.4) is 0 Å². The summed E-state index contributed by atoms with van der Waals surface area (Å²) in [6.45, 7) is 6.13. The van der Waals surface area contributed by atoms with Gasteiger partial charge in [0.05, 0.1) is 13.2 Å². The van der Waals surface area contributed by atoms with Gasteiger partial charge in [-0.2, -0.15) is 0 Å². The lowest BCUT2D eigenvalue weighted by Gasteiger charge is -2.14. The Balaban J connectivity index is 3.34. The first-order valence-corrected chi connectivity index (χ1v) is 3.86. The molecule has 0 aliphatic carbocycles. The second-order valence-corrected chi connectivity index (χ2v) is 2.07. The molecule has 11 heavy (non-hydrogen) atoms. The molecule has 0 aromatic carbocycles. The van der Waals surface area contributed by atoms with Crippen molar-refractivity contribution in [3.8, 4) is 0 Å². The van der Waals surface area contributed by atoms with Crippen molar-refractivity contribution in [3.05, 3.63) is 7.11 Å². The highest BCUT2D eigenvalue weighted by molar-refractivity contribution is 4.54. The maximum Gasteiger partial charge on any atom is 0.115 e. The van der Waals surface area contributed by atoms with E-state index in [1.165, 1.54) is 0 Å². The van der Waals surface area contributed by atoms with Gasteiger partial charge in [-0.25, -0.2) is 0 Å². The Labute approximate surface area is 68.6 Å². The highest BCUT2D eigenvalue weighted by Gasteiger charge is 2.06. The third-order valence-electron chi connectivity index (χ3n) is 1.19. The molecule has 0 fully saturated rings. The van der Waals surface area contributed by atoms with Gasteiger partial charge in [-0.05, 0) is 13.8 Å². The zero-order valence-electron chi connectivity index (χ0n) is 7.21. The number of ether oxygens (including phenoxy) is 3. The fraction of sp³-hybridized carbons (Fsp3) is 0.875. The van der Waals surface area contributed by atoms with E-state index in [4.69, 9.17) is 16.6 Å². The molecule has 3 heteroatoms. The Morgan fingerprint density at radius 1 is 1.18 bits per heavy atom. The van der Waals surface area contributed by atoms with Crippen LogP contribution in [0.2, 0.25) is 0 Å². The first-order chi connectivity index (χ1) is 5.35. The first-order valence-electron chi connectivity index (χ1n) is 3.86. The van der Waals surface area contributed by atoms with Crippen molar-refractivity contribution < 1.29 is 14.2 Å². The van der Waals surface area contributed by atoms with Gasteiger partial charge in [0.15, 0.2) is 0 Å². The van der Waals surface area contributed by atoms with Gasteiger partial charge in [-0.3, -0.25) is 0 Å². The lowest BCUT2D eigenvalue weighted by molar-refractivity contribution is -0.0392. The van der Waals surface area contributed by atoms with E-state index in [1.807, 2.05) is 13.8 Å². The molecule has 0 spiro atoms. The molecule has 0 aliphatic heterocycles. The predicted molar refractivity (Wildman–Crippen MR) is 42.2 cm³/mol. The van der Waals surface area contributed by atoms with Crippen LogP contribution in [0.5, 0.6) is 0 Å². The average molecular weight is 160 g/mol. The SMILES string of the molecule is [CH]OCC(COCC)OCC. The topological polar surface area (TPSA) is 27.7 Å². The van der Waals surface area contributed by atoms with E-state index in [9.17, 15) is 0 Å². The smallest absolute Gasteiger partial charge is 0.115 e. The molecule has 0 saturated heterocycles. The Kier molecular flexibility index (Phi) is 7.89. The molecule has 0 aromatic heterocycles. The molecule has 0 rings (SSSR count). The van der Waals surface area contributed by atoms with Crippen molar-refractivity contribution in [3.63, 3.8) is 0 Å². The van der Waals surface area contributed by atoms with Crippen LogP contribution in [0.25, 0.3) is 0 Å². The van der Waals surface area contributed by atoms with Crippen molar-refractivity contribution in [1.82, 2.24) is 0 Å². The predicted octanol–water partition coefficient (Wildman–Crippen LogP) is 1.11. The third kappa shape index (κ3) is 6.28. The molecule has 0 N–H and O–H groups in total. The largest absolute Gasteiger partial charge is 0.379 e. The van der Waals surface area contributed by atoms with E-state index in [0.29, 0.717) is 26.4 Å². The molecule has 66 valence electrons. The van der Waals surface area contributed by atoms with Gasteiger partial charge in [0.25, 0.3) is 0 Å². The maximum absolute atomic E-state index is 5.25. The number of hydrogen-bond acceptors (Lipinski definition) is 3. The Morgan fingerprint density at radius 2 is 1.91 bits per heavy atom. The molecule has 0 aliphatic rings. The Bertz CT molecular complexity index is 69.7. The van der Waals surface area contributed by atoms with Crippen molar-refractivity contribution in [1.29, 1.82) is 0 Å². The summed E-state index contributed by atoms with van der Waals surface area (Å²) in [6, 6.07) is 0. The molecule has 1 atom stereocenters. The van der Waals surface area contributed by atoms with E-state index in [2.05, 4.69) is 4.74 Å². The van der Waals surface area contributed by atoms with E-state index in [0.717, 1.165) is 0 Å². The van der Waals surface area contributed by atoms with Gasteiger partial charge in [-0.1, -0.05) is 0 Å². The molecule has 2 radical (unpaired) electrons. The average Bonchev–Trinajstić information content (AvgIpc) is 2.01. The normalized spacial score (nSPS) is 13.4. The van der Waals surface area contributed by atoms with Crippen LogP contribution in [0, 0.1) is 7.11 Å². The summed E-state index contributed by atoms with van der Waals surface area (Å²) >= 11 is 0. The van der Waals surface area contributed by atoms with Crippen LogP contribution in [0.4, 0.5) is 0 Å². The molecule has 3 nitrogen and oxygen atoms in total. The van der Waals surface area contributed by atoms with Crippen LogP contribution in [-0.4, -0.2) is 32.5 Å². The lowest BCUT2D eigenvalue weighted by Crippen LogP contribution is -2.24. The number of hydrogen-bond donors (Lipinski definition) is 0. The second kappa shape index (κ2) is 7.98. The molecule has 0 heterocycles. The van der Waals surface area contributed by atoms with Crippen molar-refractivity contribution in [2.75, 3.05) is 26.4 Å². The lowest BCUT2D eigenvalue weighted by atomic mass is 10.4. The van der Waals surface area contributed by atoms with Crippen LogP contribution >= 0.6 is 0 Å². The third-order valence-corrected chi connectivity index (χ3v) is 1.19. The molecular formula is C8H16O3. The van der Waals surface area contributed by atoms with E-state index in [-0.39, 0.29) is 6.10 Å². The van der Waals surface area contributed by atoms with Gasteiger partial charge >= 0.3 is 0 Å². The van der Waals surface area contributed by atoms with Gasteiger partial charge < -0.3 is 14.2 Å². The maximum atomic E-state index is 5.25. The molecule has 0 aromatic rings. The van der Waals surface area contributed by atoms with Gasteiger partial charge in [0.1, 0.15) is 13.2 Å². The van der Waals surface area contributed by atoms with Crippen molar-refractivity contribution >= 4 is 0 Å². The Morgan fingerprint density at radius 3 is 2.36 bits per heavy atom. The molecule has 0 amide bonds. The summed E-state index contributed by atoms with van der Waals surface area (Å²) in [7, 11) is 4.90. The standard InChI is InChI=1S/C8H16O3/c1-4-10-7-8(6-9-3)11-5-2/h3,8H,4-7H2,1-2H3. The molecule has 0 bridgehead atoms. The molecular weight excluding hydrogens is 144 g/mol. The van der Waals surface area contributed by atoms with Crippen molar-refractivity contribution in [2.45, 2.75) is 20.0 Å². The first kappa shape index (κ1) is 10.9. The summed E-state index contributed by atoms with van der Waals surface area (Å²) in [5, 5.41) is 0. The van der Waals surface area contributed by atoms with Crippen LogP contribution in [0.1, 0.15) is 13.8 Å². The summed E-state index contributed by atoms with van der Waals surface area (Å²) < 4.78 is 14.8. The van der Waals surface area contributed by atoms with Crippen LogP contribution < -0.4 is 0 Å². The van der Waals surface area contributed by atoms with Gasteiger partial charge in [0.2, 0.25) is 0 Å². The van der Waals surface area contributed by atoms with Crippen LogP contribution in [0.15, 0.2) is 0 Å². The summed E-state index contributed by atoms with van der Waals surface area (Å²) in [4.78, 5) is 0. The Hall–Kier alpha value is -0.120. The summed E-state index contributed by atoms with van der Waals surface area (Å²) in [5.74, 6) is 0. The fourth-order valence-corrected chi connectivity index (χ4v) is 0.737. The molecule has 0 saturated carbocycles. The quantitative estimate of drug-likeness (QED) is 0.558. The van der Waals surface area contributed by atoms with Crippen molar-refractivity contribution in [2.24, 2.45) is 0 Å². The van der Waals surface area contributed by atoms with Crippen LogP contribution in [-0.2, 0) is 14.2 Å². The summed E-state index contributed by atoms with van der Waals surface area (Å²) in [5.41, 5.74) is 0. The zero-order valence-corrected chi connectivity index (χ0v) is 7.21. The molecule has 1 unspecified atom stereocenters. The highest BCUT2D eigenvalue weighted by Crippen LogP contribution is 1.94. The number of rotatable bonds is 7. The monoisotopic (exact) mass is 160 g/mol. The fourth-order valence-electron chi connectivity index (χ4n) is 0.737. The van der Waals surface area contributed by atoms with E-state index >= 15 is 0 Å². The van der Waals surface area contributed by atoms with Gasteiger partial charge in [-0.15, -0.1) is 0 Å². The van der Waals surface area contributed by atoms with Gasteiger partial charge in [0, 0.05) is 13.2 Å². The van der Waals surface area contributed by atoms with E-state index in [1.54, 1.807) is 0 Å². The highest BCUT2D eigenvalue weighted by atomic mass is 16.6. The zero-order chi connectivity index (χ0) is 8.53. The summed E-state index contributed by atoms with van der Waals surface area (Å²) in [6.07, 6.45) is -0.0371.